The molecule has 3 amide bonds. The van der Waals surface area contributed by atoms with E-state index in [1.807, 2.05) is 29.0 Å². The van der Waals surface area contributed by atoms with Crippen LogP contribution in [-0.2, 0) is 16.0 Å². The van der Waals surface area contributed by atoms with Gasteiger partial charge in [0.2, 0.25) is 11.8 Å². The summed E-state index contributed by atoms with van der Waals surface area (Å²) < 4.78 is 0. The second-order valence-corrected chi connectivity index (χ2v) is 8.54. The van der Waals surface area contributed by atoms with Gasteiger partial charge in [-0.3, -0.25) is 14.4 Å². The SMILES string of the molecule is O=C(NC1CCN2C(=O)C(Cc3cccs3)NC(=O)C2C1)c1cccs1. The van der Waals surface area contributed by atoms with Gasteiger partial charge in [0.15, 0.2) is 0 Å². The zero-order valence-corrected chi connectivity index (χ0v) is 15.6. The van der Waals surface area contributed by atoms with Crippen molar-refractivity contribution in [1.29, 1.82) is 0 Å². The number of fused-ring (bicyclic) bond motifs is 1. The number of hydrogen-bond donors (Lipinski definition) is 2. The third-order valence-corrected chi connectivity index (χ3v) is 6.64. The highest BCUT2D eigenvalue weighted by Crippen LogP contribution is 2.24. The molecule has 26 heavy (non-hydrogen) atoms. The van der Waals surface area contributed by atoms with Gasteiger partial charge in [-0.2, -0.15) is 0 Å². The molecular weight excluding hydrogens is 370 g/mol. The minimum atomic E-state index is -0.496. The van der Waals surface area contributed by atoms with Crippen LogP contribution in [0, 0.1) is 0 Å². The maximum Gasteiger partial charge on any atom is 0.261 e. The summed E-state index contributed by atoms with van der Waals surface area (Å²) in [7, 11) is 0. The molecule has 4 heterocycles. The smallest absolute Gasteiger partial charge is 0.261 e. The molecule has 2 aromatic heterocycles. The van der Waals surface area contributed by atoms with Gasteiger partial charge in [0.1, 0.15) is 12.1 Å². The summed E-state index contributed by atoms with van der Waals surface area (Å²) in [5.41, 5.74) is 0. The highest BCUT2D eigenvalue weighted by Gasteiger charge is 2.44. The van der Waals surface area contributed by atoms with Gasteiger partial charge in [-0.05, 0) is 35.7 Å². The molecule has 2 saturated heterocycles. The first-order valence-electron chi connectivity index (χ1n) is 8.59. The zero-order valence-electron chi connectivity index (χ0n) is 14.0. The number of carbonyl (C=O) groups is 3. The Hall–Kier alpha value is -2.19. The topological polar surface area (TPSA) is 78.5 Å². The molecule has 0 radical (unpaired) electrons. The molecule has 3 unspecified atom stereocenters. The van der Waals surface area contributed by atoms with E-state index < -0.39 is 12.1 Å². The number of thiophene rings is 2. The Morgan fingerprint density at radius 3 is 2.77 bits per heavy atom. The van der Waals surface area contributed by atoms with E-state index in [0.29, 0.717) is 30.7 Å². The molecule has 0 aliphatic carbocycles. The Labute approximate surface area is 159 Å². The Bertz CT molecular complexity index is 804. The maximum atomic E-state index is 12.8. The van der Waals surface area contributed by atoms with Crippen molar-refractivity contribution in [3.63, 3.8) is 0 Å². The lowest BCUT2D eigenvalue weighted by Gasteiger charge is -2.44. The van der Waals surface area contributed by atoms with Crippen molar-refractivity contribution < 1.29 is 14.4 Å². The molecule has 2 aliphatic rings. The lowest BCUT2D eigenvalue weighted by atomic mass is 9.92. The van der Waals surface area contributed by atoms with E-state index in [2.05, 4.69) is 10.6 Å². The summed E-state index contributed by atoms with van der Waals surface area (Å²) >= 11 is 2.98. The minimum Gasteiger partial charge on any atom is -0.348 e. The molecule has 6 nitrogen and oxygen atoms in total. The van der Waals surface area contributed by atoms with E-state index in [1.54, 1.807) is 22.3 Å². The second-order valence-electron chi connectivity index (χ2n) is 6.56. The molecule has 2 fully saturated rings. The summed E-state index contributed by atoms with van der Waals surface area (Å²) in [5.74, 6) is -0.260. The first-order valence-corrected chi connectivity index (χ1v) is 10.4. The van der Waals surface area contributed by atoms with Crippen LogP contribution in [0.25, 0.3) is 0 Å². The van der Waals surface area contributed by atoms with Crippen molar-refractivity contribution in [2.45, 2.75) is 37.4 Å². The van der Waals surface area contributed by atoms with Crippen molar-refractivity contribution in [2.24, 2.45) is 0 Å². The van der Waals surface area contributed by atoms with E-state index in [-0.39, 0.29) is 23.8 Å². The van der Waals surface area contributed by atoms with Gasteiger partial charge in [-0.15, -0.1) is 22.7 Å². The first kappa shape index (κ1) is 17.2. The molecule has 8 heteroatoms. The molecule has 2 N–H and O–H groups in total. The standard InChI is InChI=1S/C18H19N3O3S2/c22-16-14-9-11(19-17(23)15-4-2-8-26-15)5-6-21(14)18(24)13(20-16)10-12-3-1-7-25-12/h1-4,7-8,11,13-14H,5-6,9-10H2,(H,19,23)(H,20,22). The summed E-state index contributed by atoms with van der Waals surface area (Å²) in [4.78, 5) is 41.0. The largest absolute Gasteiger partial charge is 0.348 e. The number of piperazine rings is 1. The van der Waals surface area contributed by atoms with E-state index in [1.165, 1.54) is 11.3 Å². The number of nitrogens with zero attached hydrogens (tertiary/aromatic N) is 1. The van der Waals surface area contributed by atoms with Crippen LogP contribution < -0.4 is 10.6 Å². The van der Waals surface area contributed by atoms with E-state index >= 15 is 0 Å². The molecule has 2 aromatic rings. The van der Waals surface area contributed by atoms with Gasteiger partial charge in [0, 0.05) is 23.9 Å². The van der Waals surface area contributed by atoms with Crippen LogP contribution in [0.15, 0.2) is 35.0 Å². The summed E-state index contributed by atoms with van der Waals surface area (Å²) in [6, 6.07) is 6.45. The van der Waals surface area contributed by atoms with E-state index in [4.69, 9.17) is 0 Å². The average molecular weight is 390 g/mol. The maximum absolute atomic E-state index is 12.8. The third-order valence-electron chi connectivity index (χ3n) is 4.87. The average Bonchev–Trinajstić information content (AvgIpc) is 3.33. The van der Waals surface area contributed by atoms with Crippen molar-refractivity contribution in [2.75, 3.05) is 6.54 Å². The third kappa shape index (κ3) is 3.39. The molecular formula is C18H19N3O3S2. The van der Waals surface area contributed by atoms with Gasteiger partial charge < -0.3 is 15.5 Å². The normalized spacial score (nSPS) is 25.5. The molecule has 0 spiro atoms. The van der Waals surface area contributed by atoms with E-state index in [0.717, 1.165) is 4.88 Å². The summed E-state index contributed by atoms with van der Waals surface area (Å²) in [5, 5.41) is 9.69. The van der Waals surface area contributed by atoms with Crippen LogP contribution in [0.4, 0.5) is 0 Å². The van der Waals surface area contributed by atoms with Gasteiger partial charge >= 0.3 is 0 Å². The fraction of sp³-hybridized carbons (Fsp3) is 0.389. The van der Waals surface area contributed by atoms with Gasteiger partial charge in [0.25, 0.3) is 5.91 Å². The number of nitrogens with one attached hydrogen (secondary N) is 2. The van der Waals surface area contributed by atoms with Crippen LogP contribution in [0.5, 0.6) is 0 Å². The molecule has 3 atom stereocenters. The van der Waals surface area contributed by atoms with Crippen LogP contribution in [-0.4, -0.2) is 47.3 Å². The van der Waals surface area contributed by atoms with E-state index in [9.17, 15) is 14.4 Å². The zero-order chi connectivity index (χ0) is 18.1. The number of piperidine rings is 1. The Morgan fingerprint density at radius 2 is 2.04 bits per heavy atom. The van der Waals surface area contributed by atoms with Crippen LogP contribution >= 0.6 is 22.7 Å². The molecule has 0 saturated carbocycles. The fourth-order valence-corrected chi connectivity index (χ4v) is 4.95. The molecule has 2 aliphatic heterocycles. The molecule has 0 bridgehead atoms. The second kappa shape index (κ2) is 7.20. The summed E-state index contributed by atoms with van der Waals surface area (Å²) in [6.45, 7) is 0.493. The monoisotopic (exact) mass is 389 g/mol. The predicted molar refractivity (Wildman–Crippen MR) is 100 cm³/mol. The van der Waals surface area contributed by atoms with Crippen molar-refractivity contribution in [3.8, 4) is 0 Å². The first-order chi connectivity index (χ1) is 12.6. The highest BCUT2D eigenvalue weighted by atomic mass is 32.1. The van der Waals surface area contributed by atoms with Crippen molar-refractivity contribution >= 4 is 40.4 Å². The van der Waals surface area contributed by atoms with Gasteiger partial charge in [-0.25, -0.2) is 0 Å². The van der Waals surface area contributed by atoms with Crippen LogP contribution in [0.3, 0.4) is 0 Å². The summed E-state index contributed by atoms with van der Waals surface area (Å²) in [6.07, 6.45) is 1.66. The lowest BCUT2D eigenvalue weighted by molar-refractivity contribution is -0.151. The predicted octanol–water partition coefficient (Wildman–Crippen LogP) is 1.64. The minimum absolute atomic E-state index is 0.0222. The van der Waals surface area contributed by atoms with Crippen LogP contribution in [0.1, 0.15) is 27.4 Å². The van der Waals surface area contributed by atoms with Gasteiger partial charge in [0.05, 0.1) is 4.88 Å². The Morgan fingerprint density at radius 1 is 1.23 bits per heavy atom. The molecule has 4 rings (SSSR count). The fourth-order valence-electron chi connectivity index (χ4n) is 3.57. The lowest BCUT2D eigenvalue weighted by Crippen LogP contribution is -2.67. The molecule has 136 valence electrons. The quantitative estimate of drug-likeness (QED) is 0.834. The van der Waals surface area contributed by atoms with Gasteiger partial charge in [-0.1, -0.05) is 12.1 Å². The number of hydrogen-bond acceptors (Lipinski definition) is 5. The number of rotatable bonds is 4. The number of carbonyl (C=O) groups excluding carboxylic acids is 3. The van der Waals surface area contributed by atoms with Crippen molar-refractivity contribution in [1.82, 2.24) is 15.5 Å². The van der Waals surface area contributed by atoms with Crippen molar-refractivity contribution in [3.05, 3.63) is 44.8 Å². The van der Waals surface area contributed by atoms with Crippen LogP contribution in [0.2, 0.25) is 0 Å². The molecule has 0 aromatic carbocycles. The highest BCUT2D eigenvalue weighted by molar-refractivity contribution is 7.12. The Kier molecular flexibility index (Phi) is 4.78. The number of amides is 3. The Balaban J connectivity index is 1.40.